The Bertz CT molecular complexity index is 1310. The average Bonchev–Trinajstić information content (AvgIpc) is 3.49. The Balaban J connectivity index is 1.48. The van der Waals surface area contributed by atoms with Crippen molar-refractivity contribution in [3.8, 4) is 28.2 Å². The molecule has 5 rings (SSSR count). The summed E-state index contributed by atoms with van der Waals surface area (Å²) in [6.45, 7) is 0. The van der Waals surface area contributed by atoms with Crippen LogP contribution in [0.5, 0.6) is 0 Å². The lowest BCUT2D eigenvalue weighted by Crippen LogP contribution is -2.12. The highest BCUT2D eigenvalue weighted by Gasteiger charge is 2.20. The van der Waals surface area contributed by atoms with E-state index < -0.39 is 0 Å². The summed E-state index contributed by atoms with van der Waals surface area (Å²) in [7, 11) is 0. The Morgan fingerprint density at radius 2 is 1.65 bits per heavy atom. The summed E-state index contributed by atoms with van der Waals surface area (Å²) in [5.41, 5.74) is 4.49. The number of para-hydroxylation sites is 1. The third-order valence-corrected chi connectivity index (χ3v) is 5.47. The fourth-order valence-corrected chi connectivity index (χ4v) is 3.92. The molecule has 0 aliphatic rings. The van der Waals surface area contributed by atoms with Gasteiger partial charge in [0.15, 0.2) is 5.13 Å². The van der Waals surface area contributed by atoms with Crippen molar-refractivity contribution < 1.29 is 4.79 Å². The maximum atomic E-state index is 13.2. The number of benzene rings is 2. The van der Waals surface area contributed by atoms with Crippen molar-refractivity contribution >= 4 is 22.4 Å². The SMILES string of the molecule is O=C(Nc1nc(-c2ccccc2)cs1)c1cn(-c2ccccc2)nc1-c1cccnc1. The first-order valence-corrected chi connectivity index (χ1v) is 10.5. The topological polar surface area (TPSA) is 72.7 Å². The number of carbonyl (C=O) groups is 1. The summed E-state index contributed by atoms with van der Waals surface area (Å²) in [4.78, 5) is 21.9. The second-order valence-electron chi connectivity index (χ2n) is 6.77. The standard InChI is InChI=1S/C24H17N5OS/c30-23(27-24-26-21(16-31-24)17-8-3-1-4-9-17)20-15-29(19-11-5-2-6-12-19)28-22(20)18-10-7-13-25-14-18/h1-16H,(H,26,27,30). The Morgan fingerprint density at radius 3 is 2.39 bits per heavy atom. The van der Waals surface area contributed by atoms with Crippen molar-refractivity contribution in [3.63, 3.8) is 0 Å². The van der Waals surface area contributed by atoms with Crippen LogP contribution < -0.4 is 5.32 Å². The van der Waals surface area contributed by atoms with Crippen LogP contribution in [0.2, 0.25) is 0 Å². The third-order valence-electron chi connectivity index (χ3n) is 4.71. The molecule has 3 aromatic heterocycles. The van der Waals surface area contributed by atoms with Crippen molar-refractivity contribution in [3.05, 3.63) is 102 Å². The van der Waals surface area contributed by atoms with Gasteiger partial charge in [0.05, 0.1) is 16.9 Å². The van der Waals surface area contributed by atoms with Crippen molar-refractivity contribution in [2.24, 2.45) is 0 Å². The molecule has 150 valence electrons. The van der Waals surface area contributed by atoms with E-state index in [9.17, 15) is 4.79 Å². The Morgan fingerprint density at radius 1 is 0.903 bits per heavy atom. The van der Waals surface area contributed by atoms with Crippen LogP contribution in [0.1, 0.15) is 10.4 Å². The van der Waals surface area contributed by atoms with Crippen LogP contribution in [-0.4, -0.2) is 25.7 Å². The molecule has 0 atom stereocenters. The van der Waals surface area contributed by atoms with E-state index in [1.165, 1.54) is 11.3 Å². The number of aromatic nitrogens is 4. The Labute approximate surface area is 182 Å². The molecule has 0 unspecified atom stereocenters. The van der Waals surface area contributed by atoms with Crippen LogP contribution in [0.3, 0.4) is 0 Å². The predicted molar refractivity (Wildman–Crippen MR) is 122 cm³/mol. The summed E-state index contributed by atoms with van der Waals surface area (Å²) >= 11 is 1.39. The van der Waals surface area contributed by atoms with Gasteiger partial charge < -0.3 is 0 Å². The lowest BCUT2D eigenvalue weighted by Gasteiger charge is -2.02. The molecule has 1 N–H and O–H groups in total. The van der Waals surface area contributed by atoms with E-state index in [2.05, 4.69) is 20.4 Å². The molecule has 5 aromatic rings. The second-order valence-corrected chi connectivity index (χ2v) is 7.63. The first-order chi connectivity index (χ1) is 15.3. The molecule has 7 heteroatoms. The summed E-state index contributed by atoms with van der Waals surface area (Å²) in [6.07, 6.45) is 5.13. The van der Waals surface area contributed by atoms with Crippen molar-refractivity contribution in [2.75, 3.05) is 5.32 Å². The van der Waals surface area contributed by atoms with Crippen LogP contribution in [-0.2, 0) is 0 Å². The zero-order valence-corrected chi connectivity index (χ0v) is 17.2. The number of nitrogens with zero attached hydrogens (tertiary/aromatic N) is 4. The van der Waals surface area contributed by atoms with Crippen LogP contribution >= 0.6 is 11.3 Å². The summed E-state index contributed by atoms with van der Waals surface area (Å²) in [5, 5.41) is 10.0. The minimum Gasteiger partial charge on any atom is -0.298 e. The monoisotopic (exact) mass is 423 g/mol. The molecule has 0 spiro atoms. The molecule has 2 aromatic carbocycles. The number of pyridine rings is 1. The molecule has 1 amide bonds. The summed E-state index contributed by atoms with van der Waals surface area (Å²) < 4.78 is 1.70. The van der Waals surface area contributed by atoms with Gasteiger partial charge in [-0.25, -0.2) is 9.67 Å². The zero-order chi connectivity index (χ0) is 21.0. The van der Waals surface area contributed by atoms with Gasteiger partial charge in [0.1, 0.15) is 5.69 Å². The first kappa shape index (κ1) is 18.9. The van der Waals surface area contributed by atoms with Gasteiger partial charge in [-0.3, -0.25) is 15.1 Å². The fourth-order valence-electron chi connectivity index (χ4n) is 3.21. The van der Waals surface area contributed by atoms with Gasteiger partial charge in [0, 0.05) is 35.1 Å². The average molecular weight is 424 g/mol. The molecule has 0 radical (unpaired) electrons. The predicted octanol–water partition coefficient (Wildman–Crippen LogP) is 5.31. The number of rotatable bonds is 5. The smallest absolute Gasteiger partial charge is 0.261 e. The molecule has 0 aliphatic heterocycles. The molecular formula is C24H17N5OS. The van der Waals surface area contributed by atoms with Crippen molar-refractivity contribution in [1.29, 1.82) is 0 Å². The zero-order valence-electron chi connectivity index (χ0n) is 16.3. The van der Waals surface area contributed by atoms with Gasteiger partial charge in [-0.15, -0.1) is 11.3 Å². The lowest BCUT2D eigenvalue weighted by molar-refractivity contribution is 0.102. The maximum absolute atomic E-state index is 13.2. The fraction of sp³-hybridized carbons (Fsp3) is 0. The minimum atomic E-state index is -0.269. The largest absolute Gasteiger partial charge is 0.298 e. The molecule has 3 heterocycles. The molecule has 6 nitrogen and oxygen atoms in total. The quantitative estimate of drug-likeness (QED) is 0.416. The van der Waals surface area contributed by atoms with Crippen LogP contribution in [0.15, 0.2) is 96.8 Å². The van der Waals surface area contributed by atoms with Crippen molar-refractivity contribution in [2.45, 2.75) is 0 Å². The first-order valence-electron chi connectivity index (χ1n) is 9.66. The molecule has 0 saturated heterocycles. The number of amides is 1. The summed E-state index contributed by atoms with van der Waals surface area (Å²) in [6, 6.07) is 23.3. The highest BCUT2D eigenvalue weighted by atomic mass is 32.1. The van der Waals surface area contributed by atoms with Crippen LogP contribution in [0, 0.1) is 0 Å². The van der Waals surface area contributed by atoms with Gasteiger partial charge in [0.25, 0.3) is 5.91 Å². The molecular weight excluding hydrogens is 406 g/mol. The number of anilines is 1. The van der Waals surface area contributed by atoms with E-state index in [-0.39, 0.29) is 5.91 Å². The third kappa shape index (κ3) is 3.99. The van der Waals surface area contributed by atoms with Gasteiger partial charge in [-0.2, -0.15) is 5.10 Å². The normalized spacial score (nSPS) is 10.7. The van der Waals surface area contributed by atoms with E-state index in [0.29, 0.717) is 16.4 Å². The highest BCUT2D eigenvalue weighted by molar-refractivity contribution is 7.14. The molecule has 0 aliphatic carbocycles. The van der Waals surface area contributed by atoms with Crippen LogP contribution in [0.25, 0.3) is 28.2 Å². The van der Waals surface area contributed by atoms with Gasteiger partial charge in [-0.05, 0) is 24.3 Å². The minimum absolute atomic E-state index is 0.269. The summed E-state index contributed by atoms with van der Waals surface area (Å²) in [5.74, 6) is -0.269. The van der Waals surface area contributed by atoms with E-state index in [0.717, 1.165) is 22.5 Å². The molecule has 0 fully saturated rings. The van der Waals surface area contributed by atoms with Crippen LogP contribution in [0.4, 0.5) is 5.13 Å². The lowest BCUT2D eigenvalue weighted by atomic mass is 10.1. The number of nitrogens with one attached hydrogen (secondary N) is 1. The van der Waals surface area contributed by atoms with E-state index in [1.54, 1.807) is 23.3 Å². The van der Waals surface area contributed by atoms with E-state index >= 15 is 0 Å². The second kappa shape index (κ2) is 8.33. The number of carbonyl (C=O) groups excluding carboxylic acids is 1. The Hall–Kier alpha value is -4.10. The molecule has 31 heavy (non-hydrogen) atoms. The number of thiazole rings is 1. The molecule has 0 saturated carbocycles. The van der Waals surface area contributed by atoms with E-state index in [1.807, 2.05) is 78.2 Å². The number of hydrogen-bond acceptors (Lipinski definition) is 5. The van der Waals surface area contributed by atoms with Gasteiger partial charge >= 0.3 is 0 Å². The van der Waals surface area contributed by atoms with Gasteiger partial charge in [0.2, 0.25) is 0 Å². The number of hydrogen-bond donors (Lipinski definition) is 1. The Kier molecular flexibility index (Phi) is 5.08. The van der Waals surface area contributed by atoms with Crippen molar-refractivity contribution in [1.82, 2.24) is 19.7 Å². The van der Waals surface area contributed by atoms with E-state index in [4.69, 9.17) is 0 Å². The molecule has 0 bridgehead atoms. The highest BCUT2D eigenvalue weighted by Crippen LogP contribution is 2.27. The maximum Gasteiger partial charge on any atom is 0.261 e. The van der Waals surface area contributed by atoms with Gasteiger partial charge in [-0.1, -0.05) is 48.5 Å².